The lowest BCUT2D eigenvalue weighted by atomic mass is 9.63. The summed E-state index contributed by atoms with van der Waals surface area (Å²) in [4.78, 5) is 35.5. The SMILES string of the molecule is Cc1cc(N2CC[C@](C)(c3ccccc3)C2)cn2nc(C34CC(CO3)C4c3nc(NC(=O)[C@@H]4C[C@H]4C(=O)O)n[nH]3)nc12. The number of rotatable bonds is 7. The molecular weight excluding hydrogens is 536 g/mol. The summed E-state index contributed by atoms with van der Waals surface area (Å²) in [7, 11) is 0. The molecule has 2 saturated carbocycles. The van der Waals surface area contributed by atoms with E-state index in [1.807, 2.05) is 4.52 Å². The van der Waals surface area contributed by atoms with Crippen molar-refractivity contribution in [3.8, 4) is 0 Å². The summed E-state index contributed by atoms with van der Waals surface area (Å²) in [5, 5.41) is 23.9. The molecule has 1 aromatic carbocycles. The van der Waals surface area contributed by atoms with Gasteiger partial charge in [0.2, 0.25) is 11.9 Å². The number of amides is 1. The number of benzene rings is 1. The van der Waals surface area contributed by atoms with E-state index in [9.17, 15) is 9.59 Å². The first-order valence-electron chi connectivity index (χ1n) is 14.5. The molecule has 5 fully saturated rings. The number of ether oxygens (including phenoxy) is 1. The molecule has 12 nitrogen and oxygen atoms in total. The molecule has 216 valence electrons. The van der Waals surface area contributed by atoms with Gasteiger partial charge in [0.25, 0.3) is 0 Å². The predicted molar refractivity (Wildman–Crippen MR) is 151 cm³/mol. The fraction of sp³-hybridized carbons (Fsp3) is 0.467. The molecular formula is C30H32N8O4. The number of pyridine rings is 1. The second-order valence-corrected chi connectivity index (χ2v) is 12.6. The van der Waals surface area contributed by atoms with Crippen molar-refractivity contribution >= 4 is 29.2 Å². The fourth-order valence-corrected chi connectivity index (χ4v) is 7.32. The molecule has 3 aromatic heterocycles. The molecule has 0 radical (unpaired) electrons. The van der Waals surface area contributed by atoms with Crippen LogP contribution in [0.4, 0.5) is 11.6 Å². The van der Waals surface area contributed by atoms with Crippen molar-refractivity contribution in [2.45, 2.75) is 50.0 Å². The third-order valence-corrected chi connectivity index (χ3v) is 9.86. The van der Waals surface area contributed by atoms with E-state index in [2.05, 4.69) is 81.8 Å². The number of H-pyrrole nitrogens is 1. The van der Waals surface area contributed by atoms with Gasteiger partial charge in [-0.3, -0.25) is 20.0 Å². The summed E-state index contributed by atoms with van der Waals surface area (Å²) in [6.45, 7) is 6.88. The van der Waals surface area contributed by atoms with Gasteiger partial charge >= 0.3 is 5.97 Å². The highest BCUT2D eigenvalue weighted by Gasteiger charge is 2.66. The Hall–Kier alpha value is -4.32. The van der Waals surface area contributed by atoms with E-state index in [0.717, 1.165) is 42.8 Å². The van der Waals surface area contributed by atoms with Gasteiger partial charge in [-0.25, -0.2) is 9.50 Å². The number of carboxylic acids is 1. The maximum Gasteiger partial charge on any atom is 0.307 e. The Labute approximate surface area is 241 Å². The van der Waals surface area contributed by atoms with Gasteiger partial charge in [-0.05, 0) is 49.3 Å². The molecule has 2 aliphatic carbocycles. The molecule has 9 rings (SSSR count). The Morgan fingerprint density at radius 1 is 1.19 bits per heavy atom. The Bertz CT molecular complexity index is 1730. The lowest BCUT2D eigenvalue weighted by Gasteiger charge is -2.41. The lowest BCUT2D eigenvalue weighted by molar-refractivity contribution is -0.139. The van der Waals surface area contributed by atoms with Gasteiger partial charge in [-0.1, -0.05) is 37.3 Å². The van der Waals surface area contributed by atoms with Crippen molar-refractivity contribution in [3.63, 3.8) is 0 Å². The van der Waals surface area contributed by atoms with Crippen molar-refractivity contribution in [1.82, 2.24) is 29.8 Å². The van der Waals surface area contributed by atoms with Crippen LogP contribution in [-0.4, -0.2) is 66.5 Å². The zero-order valence-electron chi connectivity index (χ0n) is 23.4. The number of aromatic amines is 1. The van der Waals surface area contributed by atoms with Gasteiger partial charge in [0.15, 0.2) is 11.5 Å². The van der Waals surface area contributed by atoms with E-state index in [1.165, 1.54) is 5.56 Å². The number of carbonyl (C=O) groups excluding carboxylic acids is 1. The van der Waals surface area contributed by atoms with Crippen molar-refractivity contribution in [3.05, 3.63) is 65.4 Å². The Morgan fingerprint density at radius 2 is 2.02 bits per heavy atom. The fourth-order valence-electron chi connectivity index (χ4n) is 7.32. The number of hydrogen-bond acceptors (Lipinski definition) is 8. The van der Waals surface area contributed by atoms with Crippen LogP contribution >= 0.6 is 0 Å². The van der Waals surface area contributed by atoms with Crippen LogP contribution in [0.25, 0.3) is 5.65 Å². The van der Waals surface area contributed by atoms with Crippen molar-refractivity contribution in [2.24, 2.45) is 17.8 Å². The molecule has 12 heteroatoms. The van der Waals surface area contributed by atoms with Gasteiger partial charge in [0, 0.05) is 18.5 Å². The molecule has 6 heterocycles. The Morgan fingerprint density at radius 3 is 2.79 bits per heavy atom. The van der Waals surface area contributed by atoms with Gasteiger partial charge in [-0.2, -0.15) is 4.98 Å². The van der Waals surface area contributed by atoms with Gasteiger partial charge in [0.1, 0.15) is 11.4 Å². The average molecular weight is 569 g/mol. The number of aliphatic carboxylic acids is 1. The number of carbonyl (C=O) groups is 2. The summed E-state index contributed by atoms with van der Waals surface area (Å²) in [6, 6.07) is 12.9. The zero-order valence-corrected chi connectivity index (χ0v) is 23.4. The third kappa shape index (κ3) is 3.77. The van der Waals surface area contributed by atoms with E-state index in [-0.39, 0.29) is 29.1 Å². The van der Waals surface area contributed by atoms with Crippen LogP contribution in [-0.2, 0) is 25.3 Å². The normalized spacial score (nSPS) is 31.3. The van der Waals surface area contributed by atoms with Crippen LogP contribution in [0.5, 0.6) is 0 Å². The quantitative estimate of drug-likeness (QED) is 0.306. The number of aryl methyl sites for hydroxylation is 1. The van der Waals surface area contributed by atoms with Crippen LogP contribution in [0.1, 0.15) is 54.9 Å². The topological polar surface area (TPSA) is 151 Å². The molecule has 3 aliphatic heterocycles. The van der Waals surface area contributed by atoms with Gasteiger partial charge < -0.3 is 14.7 Å². The molecule has 42 heavy (non-hydrogen) atoms. The highest BCUT2D eigenvalue weighted by molar-refractivity contribution is 5.97. The first kappa shape index (κ1) is 25.4. The monoisotopic (exact) mass is 568 g/mol. The largest absolute Gasteiger partial charge is 0.481 e. The number of nitrogens with zero attached hydrogens (tertiary/aromatic N) is 6. The summed E-state index contributed by atoms with van der Waals surface area (Å²) in [5.74, 6) is -0.997. The minimum Gasteiger partial charge on any atom is -0.481 e. The minimum absolute atomic E-state index is 0.0918. The van der Waals surface area contributed by atoms with Gasteiger partial charge in [0.05, 0.1) is 36.2 Å². The average Bonchev–Trinajstić information content (AvgIpc) is 3.48. The number of carboxylic acid groups (broad SMARTS) is 1. The molecule has 3 unspecified atom stereocenters. The second kappa shape index (κ2) is 8.84. The summed E-state index contributed by atoms with van der Waals surface area (Å²) >= 11 is 0. The van der Waals surface area contributed by atoms with E-state index < -0.39 is 23.4 Å². The van der Waals surface area contributed by atoms with Crippen LogP contribution < -0.4 is 10.2 Å². The van der Waals surface area contributed by atoms with Crippen molar-refractivity contribution in [1.29, 1.82) is 0 Å². The molecule has 4 aromatic rings. The minimum atomic E-state index is -0.954. The summed E-state index contributed by atoms with van der Waals surface area (Å²) < 4.78 is 8.21. The van der Waals surface area contributed by atoms with Crippen LogP contribution in [0, 0.1) is 24.7 Å². The van der Waals surface area contributed by atoms with Crippen LogP contribution in [0.3, 0.4) is 0 Å². The van der Waals surface area contributed by atoms with E-state index in [0.29, 0.717) is 24.7 Å². The van der Waals surface area contributed by atoms with E-state index in [4.69, 9.17) is 19.9 Å². The second-order valence-electron chi connectivity index (χ2n) is 12.6. The smallest absolute Gasteiger partial charge is 0.307 e. The Balaban J connectivity index is 1.04. The Kier molecular flexibility index (Phi) is 5.34. The van der Waals surface area contributed by atoms with Gasteiger partial charge in [-0.15, -0.1) is 10.2 Å². The molecule has 3 saturated heterocycles. The molecule has 5 aliphatic rings. The third-order valence-electron chi connectivity index (χ3n) is 9.86. The maximum absolute atomic E-state index is 12.4. The first-order valence-corrected chi connectivity index (χ1v) is 14.5. The van der Waals surface area contributed by atoms with Crippen molar-refractivity contribution < 1.29 is 19.4 Å². The molecule has 2 bridgehead atoms. The standard InChI is InChI=1S/C30H32N8O4/c1-16-10-19(37-9-8-29(2,15-37)18-6-4-3-5-7-18)13-38-24(16)32-27(36-38)30-12-17(14-42-30)22(30)23-31-28(35-34-23)33-25(39)20-11-21(20)26(40)41/h3-7,10,13,17,20-22H,8-9,11-12,14-15H2,1-2H3,(H,40,41)(H2,31,33,34,35,39)/t17?,20-,21-,22?,29+,30?/m1/s1. The van der Waals surface area contributed by atoms with E-state index in [1.54, 1.807) is 0 Å². The highest BCUT2D eigenvalue weighted by Crippen LogP contribution is 2.63. The predicted octanol–water partition coefficient (Wildman–Crippen LogP) is 3.01. The van der Waals surface area contributed by atoms with Crippen molar-refractivity contribution in [2.75, 3.05) is 29.9 Å². The number of nitrogens with one attached hydrogen (secondary N) is 2. The number of anilines is 2. The van der Waals surface area contributed by atoms with Crippen LogP contribution in [0.15, 0.2) is 42.6 Å². The van der Waals surface area contributed by atoms with E-state index >= 15 is 0 Å². The zero-order chi connectivity index (χ0) is 28.8. The lowest BCUT2D eigenvalue weighted by Crippen LogP contribution is -2.44. The highest BCUT2D eigenvalue weighted by atomic mass is 16.5. The molecule has 3 N–H and O–H groups in total. The maximum atomic E-state index is 12.4. The summed E-state index contributed by atoms with van der Waals surface area (Å²) in [6.07, 6.45) is 4.27. The van der Waals surface area contributed by atoms with Crippen LogP contribution in [0.2, 0.25) is 0 Å². The number of hydrogen-bond donors (Lipinski definition) is 3. The molecule has 6 atom stereocenters. The molecule has 0 spiro atoms. The number of fused-ring (bicyclic) bond motifs is 2. The summed E-state index contributed by atoms with van der Waals surface area (Å²) in [5.41, 5.74) is 3.71. The molecule has 1 amide bonds. The first-order chi connectivity index (χ1) is 20.2. The number of aromatic nitrogens is 6.